The Morgan fingerprint density at radius 1 is 1.14 bits per heavy atom. The van der Waals surface area contributed by atoms with Gasteiger partial charge in [0, 0.05) is 22.6 Å². The highest BCUT2D eigenvalue weighted by Gasteiger charge is 2.55. The number of rotatable bonds is 3. The molecule has 1 saturated heterocycles. The Hall–Kier alpha value is -3.39. The van der Waals surface area contributed by atoms with Crippen molar-refractivity contribution in [3.63, 3.8) is 0 Å². The third-order valence-corrected chi connectivity index (χ3v) is 5.37. The maximum atomic E-state index is 13.3. The molecular formula is C20H15ClN4O4. The average Bonchev–Trinajstić information content (AvgIpc) is 3.29. The number of urea groups is 1. The van der Waals surface area contributed by atoms with Gasteiger partial charge in [0.25, 0.3) is 5.91 Å². The summed E-state index contributed by atoms with van der Waals surface area (Å²) in [5, 5.41) is 7.37. The van der Waals surface area contributed by atoms with Gasteiger partial charge in [0.15, 0.2) is 5.54 Å². The van der Waals surface area contributed by atoms with Gasteiger partial charge in [-0.15, -0.1) is 0 Å². The molecule has 3 heterocycles. The van der Waals surface area contributed by atoms with Crippen LogP contribution in [0, 0.1) is 0 Å². The summed E-state index contributed by atoms with van der Waals surface area (Å²) in [6.45, 7) is 0.216. The molecule has 1 fully saturated rings. The van der Waals surface area contributed by atoms with Gasteiger partial charge in [0.05, 0.1) is 6.61 Å². The molecule has 29 heavy (non-hydrogen) atoms. The number of aromatic nitrogens is 2. The fourth-order valence-electron chi connectivity index (χ4n) is 3.69. The molecule has 146 valence electrons. The van der Waals surface area contributed by atoms with Crippen molar-refractivity contribution >= 4 is 23.5 Å². The molecule has 3 amide bonds. The quantitative estimate of drug-likeness (QED) is 0.666. The first-order valence-electron chi connectivity index (χ1n) is 9.02. The van der Waals surface area contributed by atoms with E-state index in [0.717, 1.165) is 10.5 Å². The van der Waals surface area contributed by atoms with Crippen LogP contribution in [0.4, 0.5) is 4.79 Å². The van der Waals surface area contributed by atoms with Crippen LogP contribution in [-0.4, -0.2) is 33.6 Å². The predicted octanol–water partition coefficient (Wildman–Crippen LogP) is 3.12. The maximum absolute atomic E-state index is 13.3. The molecule has 0 bridgehead atoms. The van der Waals surface area contributed by atoms with Gasteiger partial charge in [-0.1, -0.05) is 35.0 Å². The Labute approximate surface area is 170 Å². The van der Waals surface area contributed by atoms with E-state index >= 15 is 0 Å². The lowest BCUT2D eigenvalue weighted by atomic mass is 9.84. The Morgan fingerprint density at radius 2 is 1.93 bits per heavy atom. The monoisotopic (exact) mass is 410 g/mol. The Bertz CT molecular complexity index is 1110. The summed E-state index contributed by atoms with van der Waals surface area (Å²) < 4.78 is 10.9. The average molecular weight is 411 g/mol. The van der Waals surface area contributed by atoms with E-state index in [0.29, 0.717) is 35.2 Å². The predicted molar refractivity (Wildman–Crippen MR) is 102 cm³/mol. The van der Waals surface area contributed by atoms with Crippen molar-refractivity contribution in [2.24, 2.45) is 0 Å². The third-order valence-electron chi connectivity index (χ3n) is 5.12. The van der Waals surface area contributed by atoms with Gasteiger partial charge in [-0.3, -0.25) is 9.69 Å². The Morgan fingerprint density at radius 3 is 2.76 bits per heavy atom. The van der Waals surface area contributed by atoms with Gasteiger partial charge < -0.3 is 14.6 Å². The maximum Gasteiger partial charge on any atom is 0.325 e. The lowest BCUT2D eigenvalue weighted by Gasteiger charge is -2.33. The topological polar surface area (TPSA) is 97.6 Å². The summed E-state index contributed by atoms with van der Waals surface area (Å²) in [6, 6.07) is 13.7. The van der Waals surface area contributed by atoms with Crippen LogP contribution in [0.5, 0.6) is 5.75 Å². The van der Waals surface area contributed by atoms with E-state index in [2.05, 4.69) is 15.5 Å². The molecule has 2 aliphatic rings. The molecule has 1 spiro atoms. The first-order valence-corrected chi connectivity index (χ1v) is 9.39. The number of ether oxygens (including phenoxy) is 1. The fourth-order valence-corrected chi connectivity index (χ4v) is 3.81. The minimum Gasteiger partial charge on any atom is -0.493 e. The Balaban J connectivity index is 1.42. The van der Waals surface area contributed by atoms with E-state index in [-0.39, 0.29) is 18.3 Å². The van der Waals surface area contributed by atoms with E-state index in [1.165, 1.54) is 0 Å². The number of nitrogens with zero attached hydrogens (tertiary/aromatic N) is 3. The number of imide groups is 1. The van der Waals surface area contributed by atoms with E-state index < -0.39 is 11.6 Å². The number of carbonyl (C=O) groups is 2. The molecular weight excluding hydrogens is 396 g/mol. The number of benzene rings is 2. The normalized spacial score (nSPS) is 20.5. The highest BCUT2D eigenvalue weighted by atomic mass is 35.5. The smallest absolute Gasteiger partial charge is 0.325 e. The lowest BCUT2D eigenvalue weighted by molar-refractivity contribution is -0.133. The number of hydrogen-bond acceptors (Lipinski definition) is 6. The molecule has 1 N–H and O–H groups in total. The first-order chi connectivity index (χ1) is 14.1. The molecule has 0 aliphatic carbocycles. The highest BCUT2D eigenvalue weighted by Crippen LogP contribution is 2.41. The van der Waals surface area contributed by atoms with Crippen molar-refractivity contribution in [1.29, 1.82) is 0 Å². The van der Waals surface area contributed by atoms with Gasteiger partial charge in [-0.2, -0.15) is 4.98 Å². The molecule has 2 aromatic carbocycles. The van der Waals surface area contributed by atoms with Crippen LogP contribution in [-0.2, 0) is 16.9 Å². The minimum atomic E-state index is -1.13. The standard InChI is InChI=1S/C20H15ClN4O4/c21-13-7-5-12(6-8-13)17-22-16(29-24-17)11-25-18(26)20(23-19(25)27)9-10-28-15-4-2-1-3-14(15)20/h1-8H,9-11H2,(H,23,27). The van der Waals surface area contributed by atoms with Crippen molar-refractivity contribution in [1.82, 2.24) is 20.4 Å². The lowest BCUT2D eigenvalue weighted by Crippen LogP contribution is -2.47. The second-order valence-electron chi connectivity index (χ2n) is 6.84. The van der Waals surface area contributed by atoms with Crippen molar-refractivity contribution < 1.29 is 18.8 Å². The van der Waals surface area contributed by atoms with Gasteiger partial charge in [-0.25, -0.2) is 4.79 Å². The number of hydrogen-bond donors (Lipinski definition) is 1. The van der Waals surface area contributed by atoms with Gasteiger partial charge in [0.1, 0.15) is 12.3 Å². The van der Waals surface area contributed by atoms with Gasteiger partial charge in [-0.05, 0) is 30.3 Å². The zero-order valence-electron chi connectivity index (χ0n) is 15.1. The molecule has 2 aliphatic heterocycles. The molecule has 1 unspecified atom stereocenters. The first kappa shape index (κ1) is 17.7. The number of fused-ring (bicyclic) bond motifs is 2. The van der Waals surface area contributed by atoms with Crippen LogP contribution in [0.2, 0.25) is 5.02 Å². The van der Waals surface area contributed by atoms with Crippen LogP contribution >= 0.6 is 11.6 Å². The molecule has 5 rings (SSSR count). The summed E-state index contributed by atoms with van der Waals surface area (Å²) >= 11 is 5.89. The molecule has 8 nitrogen and oxygen atoms in total. The second-order valence-corrected chi connectivity index (χ2v) is 7.28. The number of nitrogens with one attached hydrogen (secondary N) is 1. The van der Waals surface area contributed by atoms with Gasteiger partial charge in [0.2, 0.25) is 11.7 Å². The number of para-hydroxylation sites is 1. The third kappa shape index (κ3) is 2.84. The van der Waals surface area contributed by atoms with Crippen molar-refractivity contribution in [2.45, 2.75) is 18.5 Å². The summed E-state index contributed by atoms with van der Waals surface area (Å²) in [6.07, 6.45) is 0.352. The summed E-state index contributed by atoms with van der Waals surface area (Å²) in [4.78, 5) is 31.3. The molecule has 3 aromatic rings. The highest BCUT2D eigenvalue weighted by molar-refractivity contribution is 6.30. The zero-order chi connectivity index (χ0) is 20.0. The fraction of sp³-hybridized carbons (Fsp3) is 0.200. The SMILES string of the molecule is O=C1NC2(CCOc3ccccc32)C(=O)N1Cc1nc(-c2ccc(Cl)cc2)no1. The van der Waals surface area contributed by atoms with Crippen LogP contribution in [0.15, 0.2) is 53.1 Å². The van der Waals surface area contributed by atoms with Crippen LogP contribution in [0.3, 0.4) is 0 Å². The summed E-state index contributed by atoms with van der Waals surface area (Å²) in [5.74, 6) is 0.757. The summed E-state index contributed by atoms with van der Waals surface area (Å²) in [7, 11) is 0. The van der Waals surface area contributed by atoms with E-state index in [1.807, 2.05) is 12.1 Å². The zero-order valence-corrected chi connectivity index (χ0v) is 15.8. The summed E-state index contributed by atoms with van der Waals surface area (Å²) in [5.41, 5.74) is 0.237. The van der Waals surface area contributed by atoms with Crippen molar-refractivity contribution in [3.8, 4) is 17.1 Å². The Kier molecular flexibility index (Phi) is 4.02. The van der Waals surface area contributed by atoms with Crippen molar-refractivity contribution in [2.75, 3.05) is 6.61 Å². The second kappa shape index (κ2) is 6.59. The van der Waals surface area contributed by atoms with Crippen molar-refractivity contribution in [3.05, 3.63) is 65.0 Å². The van der Waals surface area contributed by atoms with E-state index in [9.17, 15) is 9.59 Å². The molecule has 0 radical (unpaired) electrons. The number of carbonyl (C=O) groups excluding carboxylic acids is 2. The molecule has 9 heteroatoms. The van der Waals surface area contributed by atoms with Crippen LogP contribution < -0.4 is 10.1 Å². The molecule has 1 aromatic heterocycles. The van der Waals surface area contributed by atoms with Crippen LogP contribution in [0.25, 0.3) is 11.4 Å². The molecule has 1 atom stereocenters. The molecule has 0 saturated carbocycles. The largest absolute Gasteiger partial charge is 0.493 e. The van der Waals surface area contributed by atoms with Crippen LogP contribution in [0.1, 0.15) is 17.9 Å². The minimum absolute atomic E-state index is 0.115. The van der Waals surface area contributed by atoms with E-state index in [4.69, 9.17) is 20.9 Å². The van der Waals surface area contributed by atoms with E-state index in [1.54, 1.807) is 36.4 Å². The number of halogens is 1. The number of amides is 3. The van der Waals surface area contributed by atoms with Gasteiger partial charge >= 0.3 is 6.03 Å².